The fourth-order valence-corrected chi connectivity index (χ4v) is 2.22. The number of nitrogens with zero attached hydrogens (tertiary/aromatic N) is 4. The van der Waals surface area contributed by atoms with E-state index in [1.807, 2.05) is 35.8 Å². The van der Waals surface area contributed by atoms with Crippen molar-refractivity contribution in [2.45, 2.75) is 20.4 Å². The fraction of sp³-hybridized carbons (Fsp3) is 0.200. The highest BCUT2D eigenvalue weighted by Gasteiger charge is 2.09. The van der Waals surface area contributed by atoms with Gasteiger partial charge >= 0.3 is 0 Å². The molecule has 2 aromatic heterocycles. The van der Waals surface area contributed by atoms with Crippen molar-refractivity contribution in [2.24, 2.45) is 0 Å². The SMILES string of the molecule is CCn1cnc2c(Nc3cccc(NC(C)=O)c3)ncnc21. The van der Waals surface area contributed by atoms with E-state index in [1.165, 1.54) is 13.3 Å². The van der Waals surface area contributed by atoms with Crippen LogP contribution < -0.4 is 10.6 Å². The van der Waals surface area contributed by atoms with Crippen LogP contribution in [0.1, 0.15) is 13.8 Å². The van der Waals surface area contributed by atoms with Crippen molar-refractivity contribution in [2.75, 3.05) is 10.6 Å². The first-order valence-corrected chi connectivity index (χ1v) is 6.98. The van der Waals surface area contributed by atoms with Crippen molar-refractivity contribution < 1.29 is 4.79 Å². The maximum absolute atomic E-state index is 11.1. The lowest BCUT2D eigenvalue weighted by Crippen LogP contribution is -2.06. The van der Waals surface area contributed by atoms with Crippen LogP contribution in [0.25, 0.3) is 11.2 Å². The summed E-state index contributed by atoms with van der Waals surface area (Å²) in [6.07, 6.45) is 3.26. The number of aromatic nitrogens is 4. The molecule has 0 bridgehead atoms. The Morgan fingerprint density at radius 1 is 1.23 bits per heavy atom. The van der Waals surface area contributed by atoms with Gasteiger partial charge in [-0.15, -0.1) is 0 Å². The van der Waals surface area contributed by atoms with Gasteiger partial charge < -0.3 is 15.2 Å². The highest BCUT2D eigenvalue weighted by Crippen LogP contribution is 2.23. The molecule has 7 heteroatoms. The second kappa shape index (κ2) is 5.80. The number of amides is 1. The molecule has 1 aromatic carbocycles. The molecule has 1 amide bonds. The summed E-state index contributed by atoms with van der Waals surface area (Å²) in [5.74, 6) is 0.528. The lowest BCUT2D eigenvalue weighted by molar-refractivity contribution is -0.114. The van der Waals surface area contributed by atoms with Crippen LogP contribution in [-0.4, -0.2) is 25.4 Å². The Morgan fingerprint density at radius 3 is 2.82 bits per heavy atom. The van der Waals surface area contributed by atoms with Gasteiger partial charge in [0.05, 0.1) is 6.33 Å². The topological polar surface area (TPSA) is 84.7 Å². The minimum atomic E-state index is -0.108. The number of benzene rings is 1. The van der Waals surface area contributed by atoms with Crippen molar-refractivity contribution >= 4 is 34.3 Å². The second-order valence-electron chi connectivity index (χ2n) is 4.81. The molecule has 0 atom stereocenters. The van der Waals surface area contributed by atoms with E-state index < -0.39 is 0 Å². The van der Waals surface area contributed by atoms with E-state index in [0.717, 1.165) is 23.6 Å². The van der Waals surface area contributed by atoms with E-state index >= 15 is 0 Å². The second-order valence-corrected chi connectivity index (χ2v) is 4.81. The molecule has 112 valence electrons. The standard InChI is InChI=1S/C15H16N6O/c1-3-21-9-18-13-14(16-8-17-15(13)21)20-12-6-4-5-11(7-12)19-10(2)22/h4-9H,3H2,1-2H3,(H,19,22)(H,16,17,20). The highest BCUT2D eigenvalue weighted by molar-refractivity contribution is 5.90. The first-order chi connectivity index (χ1) is 10.7. The van der Waals surface area contributed by atoms with E-state index in [2.05, 4.69) is 25.6 Å². The van der Waals surface area contributed by atoms with Gasteiger partial charge in [0.25, 0.3) is 0 Å². The molecule has 3 rings (SSSR count). The third-order valence-electron chi connectivity index (χ3n) is 3.19. The molecule has 7 nitrogen and oxygen atoms in total. The molecule has 2 heterocycles. The van der Waals surface area contributed by atoms with E-state index in [9.17, 15) is 4.79 Å². The first-order valence-electron chi connectivity index (χ1n) is 6.98. The first kappa shape index (κ1) is 14.0. The Hall–Kier alpha value is -2.96. The van der Waals surface area contributed by atoms with Crippen LogP contribution in [0.15, 0.2) is 36.9 Å². The van der Waals surface area contributed by atoms with Crippen molar-refractivity contribution in [3.8, 4) is 0 Å². The largest absolute Gasteiger partial charge is 0.338 e. The molecular weight excluding hydrogens is 280 g/mol. The maximum Gasteiger partial charge on any atom is 0.221 e. The molecule has 0 unspecified atom stereocenters. The van der Waals surface area contributed by atoms with E-state index in [0.29, 0.717) is 11.3 Å². The predicted molar refractivity (Wildman–Crippen MR) is 85.0 cm³/mol. The Bertz CT molecular complexity index is 826. The van der Waals surface area contributed by atoms with Gasteiger partial charge in [0.2, 0.25) is 5.91 Å². The van der Waals surface area contributed by atoms with Crippen molar-refractivity contribution in [1.82, 2.24) is 19.5 Å². The van der Waals surface area contributed by atoms with E-state index in [-0.39, 0.29) is 5.91 Å². The van der Waals surface area contributed by atoms with Gasteiger partial charge in [-0.1, -0.05) is 6.07 Å². The molecule has 0 aliphatic carbocycles. The van der Waals surface area contributed by atoms with Gasteiger partial charge in [0, 0.05) is 24.8 Å². The zero-order chi connectivity index (χ0) is 15.5. The Morgan fingerprint density at radius 2 is 2.05 bits per heavy atom. The predicted octanol–water partition coefficient (Wildman–Crippen LogP) is 2.55. The molecule has 3 aromatic rings. The van der Waals surface area contributed by atoms with Crippen LogP contribution >= 0.6 is 0 Å². The monoisotopic (exact) mass is 296 g/mol. The van der Waals surface area contributed by atoms with Crippen LogP contribution in [-0.2, 0) is 11.3 Å². The third-order valence-corrected chi connectivity index (χ3v) is 3.19. The van der Waals surface area contributed by atoms with Gasteiger partial charge in [-0.3, -0.25) is 4.79 Å². The normalized spacial score (nSPS) is 10.6. The minimum Gasteiger partial charge on any atom is -0.338 e. The van der Waals surface area contributed by atoms with Crippen LogP contribution in [0.4, 0.5) is 17.2 Å². The molecule has 22 heavy (non-hydrogen) atoms. The lowest BCUT2D eigenvalue weighted by Gasteiger charge is -2.08. The van der Waals surface area contributed by atoms with Gasteiger partial charge in [-0.05, 0) is 25.1 Å². The lowest BCUT2D eigenvalue weighted by atomic mass is 10.2. The van der Waals surface area contributed by atoms with Gasteiger partial charge in [-0.2, -0.15) is 0 Å². The summed E-state index contributed by atoms with van der Waals surface area (Å²) in [5, 5.41) is 5.97. The number of carbonyl (C=O) groups is 1. The summed E-state index contributed by atoms with van der Waals surface area (Å²) >= 11 is 0. The molecule has 0 saturated carbocycles. The van der Waals surface area contributed by atoms with E-state index in [4.69, 9.17) is 0 Å². The smallest absolute Gasteiger partial charge is 0.221 e. The number of fused-ring (bicyclic) bond motifs is 1. The zero-order valence-corrected chi connectivity index (χ0v) is 12.4. The number of nitrogens with one attached hydrogen (secondary N) is 2. The molecular formula is C15H16N6O. The molecule has 0 aliphatic heterocycles. The van der Waals surface area contributed by atoms with Gasteiger partial charge in [0.15, 0.2) is 17.0 Å². The van der Waals surface area contributed by atoms with Gasteiger partial charge in [0.1, 0.15) is 6.33 Å². The molecule has 2 N–H and O–H groups in total. The highest BCUT2D eigenvalue weighted by atomic mass is 16.1. The number of carbonyl (C=O) groups excluding carboxylic acids is 1. The number of hydrogen-bond donors (Lipinski definition) is 2. The quantitative estimate of drug-likeness (QED) is 0.773. The minimum absolute atomic E-state index is 0.108. The Labute approximate surface area is 127 Å². The average Bonchev–Trinajstić information content (AvgIpc) is 2.91. The molecule has 0 radical (unpaired) electrons. The summed E-state index contributed by atoms with van der Waals surface area (Å²) in [4.78, 5) is 24.0. The average molecular weight is 296 g/mol. The summed E-state index contributed by atoms with van der Waals surface area (Å²) in [6, 6.07) is 7.42. The fourth-order valence-electron chi connectivity index (χ4n) is 2.22. The number of anilines is 3. The van der Waals surface area contributed by atoms with Crippen molar-refractivity contribution in [3.05, 3.63) is 36.9 Å². The number of rotatable bonds is 4. The van der Waals surface area contributed by atoms with Crippen LogP contribution in [0.3, 0.4) is 0 Å². The Balaban J connectivity index is 1.93. The number of imidazole rings is 1. The summed E-state index contributed by atoms with van der Waals surface area (Å²) in [6.45, 7) is 4.31. The van der Waals surface area contributed by atoms with Gasteiger partial charge in [-0.25, -0.2) is 15.0 Å². The van der Waals surface area contributed by atoms with Crippen LogP contribution in [0.5, 0.6) is 0 Å². The molecule has 0 fully saturated rings. The summed E-state index contributed by atoms with van der Waals surface area (Å²) < 4.78 is 1.95. The zero-order valence-electron chi connectivity index (χ0n) is 12.4. The van der Waals surface area contributed by atoms with Crippen molar-refractivity contribution in [1.29, 1.82) is 0 Å². The van der Waals surface area contributed by atoms with Crippen molar-refractivity contribution in [3.63, 3.8) is 0 Å². The number of hydrogen-bond acceptors (Lipinski definition) is 5. The van der Waals surface area contributed by atoms with Crippen LogP contribution in [0, 0.1) is 0 Å². The molecule has 0 spiro atoms. The molecule has 0 aliphatic rings. The Kier molecular flexibility index (Phi) is 3.69. The summed E-state index contributed by atoms with van der Waals surface area (Å²) in [7, 11) is 0. The van der Waals surface area contributed by atoms with Crippen LogP contribution in [0.2, 0.25) is 0 Å². The molecule has 0 saturated heterocycles. The number of aryl methyl sites for hydroxylation is 1. The third kappa shape index (κ3) is 2.73. The summed E-state index contributed by atoms with van der Waals surface area (Å²) in [5.41, 5.74) is 3.05. The maximum atomic E-state index is 11.1. The van der Waals surface area contributed by atoms with E-state index in [1.54, 1.807) is 6.33 Å².